The minimum atomic E-state index is -1.18. The number of hydrogen-bond acceptors (Lipinski definition) is 5. The highest BCUT2D eigenvalue weighted by molar-refractivity contribution is 8.14. The molecule has 0 aromatic heterocycles. The highest BCUT2D eigenvalue weighted by Gasteiger charge is 2.50. The quantitative estimate of drug-likeness (QED) is 0.223. The molecule has 6 rings (SSSR count). The summed E-state index contributed by atoms with van der Waals surface area (Å²) in [5.41, 5.74) is 5.37. The number of imide groups is 1. The van der Waals surface area contributed by atoms with Crippen LogP contribution >= 0.6 is 11.8 Å². The molecule has 1 atom stereocenters. The average molecular weight is 577 g/mol. The maximum atomic E-state index is 13.5. The molecule has 1 unspecified atom stereocenters. The van der Waals surface area contributed by atoms with Crippen LogP contribution in [0.1, 0.15) is 58.6 Å². The summed E-state index contributed by atoms with van der Waals surface area (Å²) in [6, 6.07) is 33.7. The molecule has 1 saturated heterocycles. The largest absolute Gasteiger partial charge is 0.396 e. The summed E-state index contributed by atoms with van der Waals surface area (Å²) in [7, 11) is 0. The average Bonchev–Trinajstić information content (AvgIpc) is 3.36. The van der Waals surface area contributed by atoms with Gasteiger partial charge in [-0.3, -0.25) is 19.3 Å². The smallest absolute Gasteiger partial charge is 0.290 e. The Labute approximate surface area is 249 Å². The van der Waals surface area contributed by atoms with E-state index in [9.17, 15) is 19.5 Å². The van der Waals surface area contributed by atoms with Crippen molar-refractivity contribution in [3.05, 3.63) is 137 Å². The van der Waals surface area contributed by atoms with Gasteiger partial charge in [0, 0.05) is 24.6 Å². The van der Waals surface area contributed by atoms with Crippen molar-refractivity contribution >= 4 is 34.5 Å². The number of thioether (sulfide) groups is 1. The molecule has 4 aromatic carbocycles. The molecule has 7 heteroatoms. The van der Waals surface area contributed by atoms with Gasteiger partial charge in [0.05, 0.1) is 5.75 Å². The number of nitrogens with zero attached hydrogens (tertiary/aromatic N) is 1. The van der Waals surface area contributed by atoms with E-state index in [-0.39, 0.29) is 35.3 Å². The molecule has 0 bridgehead atoms. The number of fused-ring (bicyclic) bond motifs is 1. The molecule has 1 fully saturated rings. The monoisotopic (exact) mass is 576 g/mol. The second-order valence-electron chi connectivity index (χ2n) is 10.7. The van der Waals surface area contributed by atoms with Crippen molar-refractivity contribution in [2.24, 2.45) is 0 Å². The van der Waals surface area contributed by atoms with E-state index >= 15 is 0 Å². The molecule has 2 aliphatic heterocycles. The van der Waals surface area contributed by atoms with E-state index in [0.29, 0.717) is 25.7 Å². The van der Waals surface area contributed by atoms with Crippen LogP contribution in [0.4, 0.5) is 10.5 Å². The maximum Gasteiger partial charge on any atom is 0.290 e. The molecule has 6 nitrogen and oxygen atoms in total. The second-order valence-corrected chi connectivity index (χ2v) is 11.6. The Morgan fingerprint density at radius 1 is 0.810 bits per heavy atom. The van der Waals surface area contributed by atoms with Gasteiger partial charge in [0.1, 0.15) is 5.54 Å². The molecule has 0 radical (unpaired) electrons. The summed E-state index contributed by atoms with van der Waals surface area (Å²) in [6.45, 7) is 0.0634. The number of hydrogen-bond donors (Lipinski definition) is 2. The Hall–Kier alpha value is -4.20. The molecule has 2 N–H and O–H groups in total. The lowest BCUT2D eigenvalue weighted by Crippen LogP contribution is -2.50. The van der Waals surface area contributed by atoms with E-state index < -0.39 is 5.54 Å². The molecule has 0 aliphatic carbocycles. The predicted octanol–water partition coefficient (Wildman–Crippen LogP) is 6.46. The van der Waals surface area contributed by atoms with Gasteiger partial charge in [-0.05, 0) is 58.7 Å². The third-order valence-electron chi connectivity index (χ3n) is 8.29. The molecule has 3 amide bonds. The number of aliphatic hydroxyl groups is 1. The number of benzene rings is 4. The molecule has 212 valence electrons. The van der Waals surface area contributed by atoms with Crippen molar-refractivity contribution in [2.45, 2.75) is 37.1 Å². The zero-order valence-corrected chi connectivity index (χ0v) is 24.0. The standard InChI is InChI=1S/C35H32N2O4S/c38-21-9-17-28(29-16-8-18-31-30(29)19-20-32(39)36-31)24-10-7-15-27(22-24)35(25-11-3-1-4-12-25,26-13-5-2-6-14-26)37-33(40)23-42-34(37)41/h1-8,10-16,18,22,28,38H,9,17,19-21,23H2,(H,36,39). The first-order valence-electron chi connectivity index (χ1n) is 14.3. The van der Waals surface area contributed by atoms with Gasteiger partial charge in [-0.25, -0.2) is 0 Å². The Morgan fingerprint density at radius 3 is 2.12 bits per heavy atom. The number of nitrogens with one attached hydrogen (secondary N) is 1. The Morgan fingerprint density at radius 2 is 1.48 bits per heavy atom. The van der Waals surface area contributed by atoms with Gasteiger partial charge >= 0.3 is 0 Å². The van der Waals surface area contributed by atoms with Crippen LogP contribution in [0.25, 0.3) is 0 Å². The van der Waals surface area contributed by atoms with Crippen molar-refractivity contribution in [1.29, 1.82) is 0 Å². The molecule has 4 aromatic rings. The topological polar surface area (TPSA) is 86.7 Å². The van der Waals surface area contributed by atoms with E-state index in [1.165, 1.54) is 4.90 Å². The van der Waals surface area contributed by atoms with E-state index in [4.69, 9.17) is 0 Å². The van der Waals surface area contributed by atoms with Gasteiger partial charge < -0.3 is 10.4 Å². The van der Waals surface area contributed by atoms with Crippen LogP contribution in [-0.4, -0.2) is 39.4 Å². The number of carbonyl (C=O) groups is 3. The fourth-order valence-corrected chi connectivity index (χ4v) is 7.22. The van der Waals surface area contributed by atoms with Gasteiger partial charge in [-0.1, -0.05) is 109 Å². The van der Waals surface area contributed by atoms with Crippen LogP contribution < -0.4 is 5.32 Å². The lowest BCUT2D eigenvalue weighted by molar-refractivity contribution is -0.127. The Kier molecular flexibility index (Phi) is 7.96. The van der Waals surface area contributed by atoms with Gasteiger partial charge in [0.25, 0.3) is 5.24 Å². The fourth-order valence-electron chi connectivity index (χ4n) is 6.48. The fraction of sp³-hybridized carbons (Fsp3) is 0.229. The number of anilines is 1. The first kappa shape index (κ1) is 27.9. The minimum absolute atomic E-state index is 0.0156. The van der Waals surface area contributed by atoms with Crippen molar-refractivity contribution < 1.29 is 19.5 Å². The van der Waals surface area contributed by atoms with Gasteiger partial charge in [0.2, 0.25) is 11.8 Å². The Balaban J connectivity index is 1.59. The summed E-state index contributed by atoms with van der Waals surface area (Å²) in [4.78, 5) is 40.6. The zero-order valence-electron chi connectivity index (χ0n) is 23.2. The Bertz CT molecular complexity index is 1570. The zero-order chi connectivity index (χ0) is 29.1. The van der Waals surface area contributed by atoms with E-state index in [1.807, 2.05) is 84.9 Å². The van der Waals surface area contributed by atoms with Crippen LogP contribution in [0.15, 0.2) is 103 Å². The first-order valence-corrected chi connectivity index (χ1v) is 15.3. The lowest BCUT2D eigenvalue weighted by atomic mass is 9.74. The van der Waals surface area contributed by atoms with Crippen molar-refractivity contribution in [1.82, 2.24) is 4.90 Å². The molecule has 2 heterocycles. The maximum absolute atomic E-state index is 13.5. The van der Waals surface area contributed by atoms with E-state index in [1.54, 1.807) is 0 Å². The van der Waals surface area contributed by atoms with Crippen LogP contribution in [0.5, 0.6) is 0 Å². The van der Waals surface area contributed by atoms with Crippen molar-refractivity contribution in [3.8, 4) is 0 Å². The highest BCUT2D eigenvalue weighted by atomic mass is 32.2. The number of amides is 3. The van der Waals surface area contributed by atoms with Crippen LogP contribution in [0, 0.1) is 0 Å². The minimum Gasteiger partial charge on any atom is -0.396 e. The SMILES string of the molecule is O=C1CCc2c(cccc2C(CCCO)c2cccc(C(c3ccccc3)(c3ccccc3)N3C(=O)CSC3=O)c2)N1. The third kappa shape index (κ3) is 4.93. The normalized spacial score (nSPS) is 15.8. The van der Waals surface area contributed by atoms with E-state index in [2.05, 4.69) is 23.5 Å². The number of aliphatic hydroxyl groups excluding tert-OH is 1. The summed E-state index contributed by atoms with van der Waals surface area (Å²) in [5.74, 6) is -0.179. The van der Waals surface area contributed by atoms with Crippen LogP contribution in [0.2, 0.25) is 0 Å². The van der Waals surface area contributed by atoms with E-state index in [0.717, 1.165) is 50.8 Å². The van der Waals surface area contributed by atoms with Crippen molar-refractivity contribution in [2.75, 3.05) is 17.7 Å². The van der Waals surface area contributed by atoms with Crippen LogP contribution in [-0.2, 0) is 21.5 Å². The summed E-state index contributed by atoms with van der Waals surface area (Å²) in [5, 5.41) is 12.6. The lowest BCUT2D eigenvalue weighted by Gasteiger charge is -2.42. The number of carbonyl (C=O) groups excluding carboxylic acids is 3. The third-order valence-corrected chi connectivity index (χ3v) is 9.11. The molecular formula is C35H32N2O4S. The van der Waals surface area contributed by atoms with Gasteiger partial charge in [-0.2, -0.15) is 0 Å². The molecular weight excluding hydrogens is 544 g/mol. The van der Waals surface area contributed by atoms with Crippen LogP contribution in [0.3, 0.4) is 0 Å². The first-order chi connectivity index (χ1) is 20.5. The summed E-state index contributed by atoms with van der Waals surface area (Å²) in [6.07, 6.45) is 2.38. The second kappa shape index (κ2) is 12.0. The summed E-state index contributed by atoms with van der Waals surface area (Å²) >= 11 is 1.03. The van der Waals surface area contributed by atoms with Gasteiger partial charge in [-0.15, -0.1) is 0 Å². The highest BCUT2D eigenvalue weighted by Crippen LogP contribution is 2.47. The van der Waals surface area contributed by atoms with Gasteiger partial charge in [0.15, 0.2) is 0 Å². The molecule has 2 aliphatic rings. The number of rotatable bonds is 9. The summed E-state index contributed by atoms with van der Waals surface area (Å²) < 4.78 is 0. The molecule has 0 saturated carbocycles. The predicted molar refractivity (Wildman–Crippen MR) is 165 cm³/mol. The van der Waals surface area contributed by atoms with Crippen molar-refractivity contribution in [3.63, 3.8) is 0 Å². The molecule has 42 heavy (non-hydrogen) atoms. The molecule has 0 spiro atoms.